The summed E-state index contributed by atoms with van der Waals surface area (Å²) in [5.41, 5.74) is -0.843. The first-order valence-electron chi connectivity index (χ1n) is 7.53. The SMILES string of the molecule is CC(C)(C)OC(=O)NC(=O)[C@H](C(=O)[C@@]1(C)CO1)C1=CCCC1. The van der Waals surface area contributed by atoms with Crippen LogP contribution in [0.1, 0.15) is 47.0 Å². The number of imide groups is 1. The number of amides is 2. The molecule has 1 saturated heterocycles. The summed E-state index contributed by atoms with van der Waals surface area (Å²) >= 11 is 0. The van der Waals surface area contributed by atoms with Gasteiger partial charge in [-0.3, -0.25) is 14.9 Å². The fourth-order valence-corrected chi connectivity index (χ4v) is 2.45. The van der Waals surface area contributed by atoms with Crippen molar-refractivity contribution in [3.8, 4) is 0 Å². The van der Waals surface area contributed by atoms with E-state index in [1.165, 1.54) is 0 Å². The summed E-state index contributed by atoms with van der Waals surface area (Å²) in [6.45, 7) is 7.10. The second-order valence-electron chi connectivity index (χ2n) is 6.98. The summed E-state index contributed by atoms with van der Waals surface area (Å²) < 4.78 is 10.2. The number of epoxide rings is 1. The van der Waals surface area contributed by atoms with Gasteiger partial charge in [0, 0.05) is 0 Å². The summed E-state index contributed by atoms with van der Waals surface area (Å²) in [5.74, 6) is -1.90. The highest BCUT2D eigenvalue weighted by Gasteiger charge is 2.52. The molecular formula is C16H23NO5. The average Bonchev–Trinajstić information content (AvgIpc) is 2.90. The number of alkyl carbamates (subject to hydrolysis) is 1. The third kappa shape index (κ3) is 3.94. The summed E-state index contributed by atoms with van der Waals surface area (Å²) in [6.07, 6.45) is 3.51. The molecule has 0 aromatic carbocycles. The monoisotopic (exact) mass is 309 g/mol. The quantitative estimate of drug-likeness (QED) is 0.488. The molecule has 2 amide bonds. The maximum absolute atomic E-state index is 12.5. The lowest BCUT2D eigenvalue weighted by atomic mass is 9.87. The predicted octanol–water partition coefficient (Wildman–Crippen LogP) is 2.12. The van der Waals surface area contributed by atoms with Crippen LogP contribution in [0.4, 0.5) is 4.79 Å². The van der Waals surface area contributed by atoms with E-state index in [2.05, 4.69) is 5.32 Å². The van der Waals surface area contributed by atoms with Crippen LogP contribution in [-0.4, -0.2) is 35.6 Å². The smallest absolute Gasteiger partial charge is 0.414 e. The molecule has 122 valence electrons. The first-order valence-corrected chi connectivity index (χ1v) is 7.53. The Morgan fingerprint density at radius 2 is 2.00 bits per heavy atom. The number of Topliss-reactive ketones (excluding diaryl/α,β-unsaturated/α-hetero) is 1. The molecule has 0 saturated carbocycles. The van der Waals surface area contributed by atoms with Crippen LogP contribution in [-0.2, 0) is 19.1 Å². The number of carbonyl (C=O) groups is 3. The molecule has 6 heteroatoms. The molecule has 0 bridgehead atoms. The number of carbonyl (C=O) groups excluding carboxylic acids is 3. The summed E-state index contributed by atoms with van der Waals surface area (Å²) in [6, 6.07) is 0. The molecule has 6 nitrogen and oxygen atoms in total. The van der Waals surface area contributed by atoms with Gasteiger partial charge in [0.15, 0.2) is 5.78 Å². The van der Waals surface area contributed by atoms with E-state index in [4.69, 9.17) is 9.47 Å². The number of hydrogen-bond donors (Lipinski definition) is 1. The Balaban J connectivity index is 2.10. The van der Waals surface area contributed by atoms with Crippen molar-refractivity contribution in [3.63, 3.8) is 0 Å². The molecule has 0 radical (unpaired) electrons. The number of rotatable bonds is 4. The molecular weight excluding hydrogens is 286 g/mol. The van der Waals surface area contributed by atoms with E-state index in [1.54, 1.807) is 27.7 Å². The van der Waals surface area contributed by atoms with Gasteiger partial charge < -0.3 is 9.47 Å². The van der Waals surface area contributed by atoms with Crippen LogP contribution in [0.25, 0.3) is 0 Å². The molecule has 2 atom stereocenters. The lowest BCUT2D eigenvalue weighted by molar-refractivity contribution is -0.134. The molecule has 1 aliphatic carbocycles. The predicted molar refractivity (Wildman–Crippen MR) is 79.2 cm³/mol. The van der Waals surface area contributed by atoms with Gasteiger partial charge in [-0.15, -0.1) is 0 Å². The highest BCUT2D eigenvalue weighted by molar-refractivity contribution is 6.11. The van der Waals surface area contributed by atoms with Crippen LogP contribution in [0.5, 0.6) is 0 Å². The standard InChI is InChI=1S/C16H23NO5/c1-15(2,3)22-14(20)17-13(19)11(10-7-5-6-8-10)12(18)16(4)9-21-16/h7,11H,5-6,8-9H2,1-4H3,(H,17,19,20)/t11-,16+/m0/s1. The van der Waals surface area contributed by atoms with Gasteiger partial charge in [-0.1, -0.05) is 11.6 Å². The number of allylic oxidation sites excluding steroid dienone is 1. The molecule has 1 N–H and O–H groups in total. The minimum Gasteiger partial charge on any atom is -0.444 e. The zero-order valence-corrected chi connectivity index (χ0v) is 13.5. The zero-order valence-electron chi connectivity index (χ0n) is 13.5. The Bertz CT molecular complexity index is 525. The summed E-state index contributed by atoms with van der Waals surface area (Å²) in [5, 5.41) is 2.18. The molecule has 0 aromatic rings. The van der Waals surface area contributed by atoms with Crippen LogP contribution in [0.2, 0.25) is 0 Å². The molecule has 2 rings (SSSR count). The van der Waals surface area contributed by atoms with Gasteiger partial charge in [0.25, 0.3) is 0 Å². The van der Waals surface area contributed by atoms with E-state index < -0.39 is 29.1 Å². The molecule has 0 aromatic heterocycles. The third-order valence-electron chi connectivity index (χ3n) is 3.69. The summed E-state index contributed by atoms with van der Waals surface area (Å²) in [4.78, 5) is 36.7. The van der Waals surface area contributed by atoms with Gasteiger partial charge in [0.05, 0.1) is 6.61 Å². The molecule has 1 fully saturated rings. The van der Waals surface area contributed by atoms with E-state index in [1.807, 2.05) is 6.08 Å². The number of nitrogens with one attached hydrogen (secondary N) is 1. The van der Waals surface area contributed by atoms with E-state index in [9.17, 15) is 14.4 Å². The van der Waals surface area contributed by atoms with Crippen molar-refractivity contribution in [1.29, 1.82) is 0 Å². The second-order valence-corrected chi connectivity index (χ2v) is 6.98. The van der Waals surface area contributed by atoms with E-state index in [0.29, 0.717) is 13.0 Å². The van der Waals surface area contributed by atoms with Crippen LogP contribution < -0.4 is 5.32 Å². The number of ether oxygens (including phenoxy) is 2. The van der Waals surface area contributed by atoms with Gasteiger partial charge in [0.1, 0.15) is 17.1 Å². The van der Waals surface area contributed by atoms with Crippen molar-refractivity contribution in [1.82, 2.24) is 5.32 Å². The van der Waals surface area contributed by atoms with E-state index in [-0.39, 0.29) is 5.78 Å². The molecule has 0 spiro atoms. The lowest BCUT2D eigenvalue weighted by Crippen LogP contribution is -2.45. The zero-order chi connectivity index (χ0) is 16.5. The minimum absolute atomic E-state index is 0.290. The Kier molecular flexibility index (Phi) is 4.42. The Morgan fingerprint density at radius 1 is 1.36 bits per heavy atom. The maximum atomic E-state index is 12.5. The fraction of sp³-hybridized carbons (Fsp3) is 0.688. The number of hydrogen-bond acceptors (Lipinski definition) is 5. The van der Waals surface area contributed by atoms with Crippen LogP contribution in [0.15, 0.2) is 11.6 Å². The molecule has 22 heavy (non-hydrogen) atoms. The van der Waals surface area contributed by atoms with Crippen molar-refractivity contribution < 1.29 is 23.9 Å². The molecule has 1 aliphatic heterocycles. The van der Waals surface area contributed by atoms with Crippen molar-refractivity contribution >= 4 is 17.8 Å². The van der Waals surface area contributed by atoms with Crippen molar-refractivity contribution in [2.24, 2.45) is 5.92 Å². The van der Waals surface area contributed by atoms with Crippen LogP contribution in [0, 0.1) is 5.92 Å². The normalized spacial score (nSPS) is 25.2. The molecule has 2 aliphatic rings. The Labute approximate surface area is 130 Å². The van der Waals surface area contributed by atoms with Gasteiger partial charge in [0.2, 0.25) is 5.91 Å². The van der Waals surface area contributed by atoms with Gasteiger partial charge in [-0.2, -0.15) is 0 Å². The summed E-state index contributed by atoms with van der Waals surface area (Å²) in [7, 11) is 0. The van der Waals surface area contributed by atoms with Crippen molar-refractivity contribution in [2.45, 2.75) is 58.2 Å². The van der Waals surface area contributed by atoms with E-state index in [0.717, 1.165) is 18.4 Å². The highest BCUT2D eigenvalue weighted by atomic mass is 16.6. The van der Waals surface area contributed by atoms with Gasteiger partial charge in [-0.25, -0.2) is 4.79 Å². The maximum Gasteiger partial charge on any atom is 0.414 e. The van der Waals surface area contributed by atoms with E-state index >= 15 is 0 Å². The highest BCUT2D eigenvalue weighted by Crippen LogP contribution is 2.35. The average molecular weight is 309 g/mol. The fourth-order valence-electron chi connectivity index (χ4n) is 2.45. The van der Waals surface area contributed by atoms with Crippen molar-refractivity contribution in [3.05, 3.63) is 11.6 Å². The first-order chi connectivity index (χ1) is 10.1. The minimum atomic E-state index is -0.970. The van der Waals surface area contributed by atoms with Crippen molar-refractivity contribution in [2.75, 3.05) is 6.61 Å². The van der Waals surface area contributed by atoms with Crippen LogP contribution >= 0.6 is 0 Å². The Morgan fingerprint density at radius 3 is 2.45 bits per heavy atom. The van der Waals surface area contributed by atoms with Gasteiger partial charge in [-0.05, 0) is 47.0 Å². The molecule has 1 heterocycles. The van der Waals surface area contributed by atoms with Crippen LogP contribution in [0.3, 0.4) is 0 Å². The third-order valence-corrected chi connectivity index (χ3v) is 3.69. The topological polar surface area (TPSA) is 85.0 Å². The molecule has 0 unspecified atom stereocenters. The first kappa shape index (κ1) is 16.7. The lowest BCUT2D eigenvalue weighted by Gasteiger charge is -2.22. The number of ketones is 1. The van der Waals surface area contributed by atoms with Gasteiger partial charge >= 0.3 is 6.09 Å². The largest absolute Gasteiger partial charge is 0.444 e. The second kappa shape index (κ2) is 5.83. The Hall–Kier alpha value is -1.69.